The number of carbonyl (C=O) groups is 1. The van der Waals surface area contributed by atoms with Gasteiger partial charge < -0.3 is 15.8 Å². The second-order valence-electron chi connectivity index (χ2n) is 6.60. The van der Waals surface area contributed by atoms with Gasteiger partial charge in [0.15, 0.2) is 11.6 Å². The zero-order chi connectivity index (χ0) is 23.0. The summed E-state index contributed by atoms with van der Waals surface area (Å²) in [6, 6.07) is 5.95. The summed E-state index contributed by atoms with van der Waals surface area (Å²) in [4.78, 5) is 16.6. The van der Waals surface area contributed by atoms with Gasteiger partial charge in [0.25, 0.3) is 5.91 Å². The van der Waals surface area contributed by atoms with E-state index < -0.39 is 29.0 Å². The van der Waals surface area contributed by atoms with Crippen molar-refractivity contribution in [1.82, 2.24) is 15.2 Å². The van der Waals surface area contributed by atoms with Gasteiger partial charge in [-0.15, -0.1) is 0 Å². The molecule has 0 saturated carbocycles. The molecule has 2 aromatic heterocycles. The zero-order valence-corrected chi connectivity index (χ0v) is 16.6. The van der Waals surface area contributed by atoms with Crippen LogP contribution in [0, 0.1) is 5.82 Å². The Morgan fingerprint density at radius 3 is 2.66 bits per heavy atom. The minimum atomic E-state index is -4.82. The number of benzene rings is 2. The highest BCUT2D eigenvalue weighted by Crippen LogP contribution is 2.40. The second-order valence-corrected chi connectivity index (χ2v) is 7.03. The quantitative estimate of drug-likeness (QED) is 0.350. The Morgan fingerprint density at radius 2 is 1.94 bits per heavy atom. The van der Waals surface area contributed by atoms with Crippen molar-refractivity contribution in [3.63, 3.8) is 0 Å². The van der Waals surface area contributed by atoms with Crippen LogP contribution in [0.1, 0.15) is 15.9 Å². The average Bonchev–Trinajstić information content (AvgIpc) is 3.09. The molecule has 4 N–H and O–H groups in total. The van der Waals surface area contributed by atoms with Crippen molar-refractivity contribution in [3.05, 3.63) is 70.8 Å². The third-order valence-electron chi connectivity index (χ3n) is 4.35. The van der Waals surface area contributed by atoms with Gasteiger partial charge in [-0.3, -0.25) is 14.9 Å². The summed E-state index contributed by atoms with van der Waals surface area (Å²) in [5.41, 5.74) is 4.60. The molecule has 0 atom stereocenters. The van der Waals surface area contributed by atoms with Crippen LogP contribution in [0.15, 0.2) is 48.8 Å². The van der Waals surface area contributed by atoms with Crippen molar-refractivity contribution in [2.24, 2.45) is 0 Å². The molecule has 0 aliphatic heterocycles. The highest BCUT2D eigenvalue weighted by Gasteiger charge is 2.32. The normalized spacial score (nSPS) is 11.5. The van der Waals surface area contributed by atoms with E-state index in [1.807, 2.05) is 0 Å². The standard InChI is InChI=1S/C20H12ClF4N5O2/c21-11-6-13(8-27-7-11)32-17-15(2-1-14-16(17)18(26)30-29-14)28-19(31)9-3-10(20(23,24)25)5-12(22)4-9/h1-8H,(H,28,31)(H3,26,29,30). The smallest absolute Gasteiger partial charge is 0.416 e. The molecule has 0 unspecified atom stereocenters. The highest BCUT2D eigenvalue weighted by atomic mass is 35.5. The van der Waals surface area contributed by atoms with Crippen LogP contribution in [-0.4, -0.2) is 21.1 Å². The third-order valence-corrected chi connectivity index (χ3v) is 4.55. The summed E-state index contributed by atoms with van der Waals surface area (Å²) in [5, 5.41) is 9.58. The molecule has 0 aliphatic rings. The van der Waals surface area contributed by atoms with Crippen LogP contribution in [0.25, 0.3) is 10.9 Å². The van der Waals surface area contributed by atoms with Crippen LogP contribution in [0.4, 0.5) is 29.1 Å². The lowest BCUT2D eigenvalue weighted by Crippen LogP contribution is -2.15. The van der Waals surface area contributed by atoms with Crippen LogP contribution < -0.4 is 15.8 Å². The molecule has 2 heterocycles. The number of H-pyrrole nitrogens is 1. The average molecular weight is 466 g/mol. The van der Waals surface area contributed by atoms with E-state index in [0.29, 0.717) is 29.1 Å². The summed E-state index contributed by atoms with van der Waals surface area (Å²) in [6.45, 7) is 0. The van der Waals surface area contributed by atoms with Gasteiger partial charge in [0, 0.05) is 17.8 Å². The molecule has 12 heteroatoms. The molecule has 4 aromatic rings. The number of nitrogens with one attached hydrogen (secondary N) is 2. The molecule has 0 aliphatic carbocycles. The molecule has 1 amide bonds. The van der Waals surface area contributed by atoms with E-state index in [1.54, 1.807) is 0 Å². The van der Waals surface area contributed by atoms with Gasteiger partial charge in [-0.1, -0.05) is 11.6 Å². The number of aromatic nitrogens is 3. The first-order valence-electron chi connectivity index (χ1n) is 8.86. The summed E-state index contributed by atoms with van der Waals surface area (Å²) in [7, 11) is 0. The largest absolute Gasteiger partial charge is 0.453 e. The number of hydrogen-bond acceptors (Lipinski definition) is 5. The van der Waals surface area contributed by atoms with Gasteiger partial charge in [0.05, 0.1) is 33.4 Å². The molecule has 7 nitrogen and oxygen atoms in total. The van der Waals surface area contributed by atoms with Crippen molar-refractivity contribution in [3.8, 4) is 11.5 Å². The fourth-order valence-electron chi connectivity index (χ4n) is 2.96. The fourth-order valence-corrected chi connectivity index (χ4v) is 3.12. The number of anilines is 2. The lowest BCUT2D eigenvalue weighted by molar-refractivity contribution is -0.137. The van der Waals surface area contributed by atoms with Crippen molar-refractivity contribution < 1.29 is 27.1 Å². The Kier molecular flexibility index (Phi) is 5.35. The molecule has 0 saturated heterocycles. The maximum absolute atomic E-state index is 13.7. The number of alkyl halides is 3. The minimum absolute atomic E-state index is 0.0404. The van der Waals surface area contributed by atoms with Gasteiger partial charge in [-0.2, -0.15) is 18.3 Å². The Labute approximate surface area is 182 Å². The summed E-state index contributed by atoms with van der Waals surface area (Å²) < 4.78 is 58.6. The molecule has 0 fully saturated rings. The van der Waals surface area contributed by atoms with Crippen LogP contribution in [0.3, 0.4) is 0 Å². The van der Waals surface area contributed by atoms with Crippen molar-refractivity contribution in [1.29, 1.82) is 0 Å². The maximum Gasteiger partial charge on any atom is 0.416 e. The minimum Gasteiger partial charge on any atom is -0.453 e. The maximum atomic E-state index is 13.7. The summed E-state index contributed by atoms with van der Waals surface area (Å²) >= 11 is 5.93. The number of halogens is 5. The molecular formula is C20H12ClF4N5O2. The zero-order valence-electron chi connectivity index (χ0n) is 15.8. The first kappa shape index (κ1) is 21.4. The van der Waals surface area contributed by atoms with E-state index in [9.17, 15) is 22.4 Å². The molecule has 32 heavy (non-hydrogen) atoms. The van der Waals surface area contributed by atoms with E-state index in [1.165, 1.54) is 30.6 Å². The molecule has 0 bridgehead atoms. The van der Waals surface area contributed by atoms with Gasteiger partial charge in [0.2, 0.25) is 0 Å². The lowest BCUT2D eigenvalue weighted by Gasteiger charge is -2.14. The van der Waals surface area contributed by atoms with Crippen LogP contribution in [0.5, 0.6) is 11.5 Å². The van der Waals surface area contributed by atoms with Crippen molar-refractivity contribution >= 4 is 39.9 Å². The molecular weight excluding hydrogens is 454 g/mol. The first-order chi connectivity index (χ1) is 15.1. The van der Waals surface area contributed by atoms with Gasteiger partial charge in [-0.25, -0.2) is 4.39 Å². The van der Waals surface area contributed by atoms with Crippen molar-refractivity contribution in [2.75, 3.05) is 11.1 Å². The Hall–Kier alpha value is -3.86. The first-order valence-corrected chi connectivity index (χ1v) is 9.23. The van der Waals surface area contributed by atoms with Crippen LogP contribution in [-0.2, 0) is 6.18 Å². The number of aromatic amines is 1. The van der Waals surface area contributed by atoms with Gasteiger partial charge >= 0.3 is 6.18 Å². The summed E-state index contributed by atoms with van der Waals surface area (Å²) in [6.07, 6.45) is -2.09. The second kappa shape index (κ2) is 8.00. The number of fused-ring (bicyclic) bond motifs is 1. The SMILES string of the molecule is Nc1n[nH]c2ccc(NC(=O)c3cc(F)cc(C(F)(F)F)c3)c(Oc3cncc(Cl)c3)c12. The van der Waals surface area contributed by atoms with Crippen molar-refractivity contribution in [2.45, 2.75) is 6.18 Å². The molecule has 164 valence electrons. The van der Waals surface area contributed by atoms with Crippen LogP contribution in [0.2, 0.25) is 5.02 Å². The van der Waals surface area contributed by atoms with Gasteiger partial charge in [-0.05, 0) is 30.3 Å². The molecule has 0 spiro atoms. The lowest BCUT2D eigenvalue weighted by atomic mass is 10.1. The van der Waals surface area contributed by atoms with E-state index in [0.717, 1.165) is 0 Å². The van der Waals surface area contributed by atoms with Gasteiger partial charge in [0.1, 0.15) is 11.6 Å². The number of hydrogen-bond donors (Lipinski definition) is 3. The topological polar surface area (TPSA) is 106 Å². The summed E-state index contributed by atoms with van der Waals surface area (Å²) in [5.74, 6) is -1.91. The number of nitrogen functional groups attached to an aromatic ring is 1. The van der Waals surface area contributed by atoms with E-state index >= 15 is 0 Å². The number of ether oxygens (including phenoxy) is 1. The Balaban J connectivity index is 1.76. The Morgan fingerprint density at radius 1 is 1.16 bits per heavy atom. The molecule has 0 radical (unpaired) electrons. The number of nitrogens with zero attached hydrogens (tertiary/aromatic N) is 2. The monoisotopic (exact) mass is 465 g/mol. The molecule has 2 aromatic carbocycles. The number of carbonyl (C=O) groups excluding carboxylic acids is 1. The van der Waals surface area contributed by atoms with E-state index in [2.05, 4.69) is 20.5 Å². The fraction of sp³-hybridized carbons (Fsp3) is 0.0500. The Bertz CT molecular complexity index is 1340. The predicted molar refractivity (Wildman–Crippen MR) is 109 cm³/mol. The number of amides is 1. The van der Waals surface area contributed by atoms with E-state index in [-0.39, 0.29) is 28.0 Å². The molecule has 4 rings (SSSR count). The van der Waals surface area contributed by atoms with E-state index in [4.69, 9.17) is 22.1 Å². The third kappa shape index (κ3) is 4.28. The highest BCUT2D eigenvalue weighted by molar-refractivity contribution is 6.30. The number of rotatable bonds is 4. The predicted octanol–water partition coefficient (Wildman–Crippen LogP) is 5.40. The van der Waals surface area contributed by atoms with Crippen LogP contribution >= 0.6 is 11.6 Å². The number of nitrogens with two attached hydrogens (primary N) is 1. The number of pyridine rings is 1.